The maximum atomic E-state index is 5.96. The summed E-state index contributed by atoms with van der Waals surface area (Å²) in [7, 11) is 1.74. The Morgan fingerprint density at radius 2 is 1.75 bits per heavy atom. The Kier molecular flexibility index (Phi) is 6.50. The van der Waals surface area contributed by atoms with Gasteiger partial charge in [0.25, 0.3) is 0 Å². The fraction of sp³-hybridized carbons (Fsp3) is 0.647. The second-order valence-corrected chi connectivity index (χ2v) is 5.90. The van der Waals surface area contributed by atoms with Gasteiger partial charge in [-0.25, -0.2) is 0 Å². The van der Waals surface area contributed by atoms with E-state index in [1.807, 2.05) is 0 Å². The highest BCUT2D eigenvalue weighted by atomic mass is 16.5. The van der Waals surface area contributed by atoms with Crippen molar-refractivity contribution < 1.29 is 9.47 Å². The minimum Gasteiger partial charge on any atom is -0.493 e. The van der Waals surface area contributed by atoms with E-state index in [4.69, 9.17) is 9.47 Å². The van der Waals surface area contributed by atoms with Crippen molar-refractivity contribution in [1.82, 2.24) is 5.32 Å². The van der Waals surface area contributed by atoms with E-state index in [0.29, 0.717) is 6.61 Å². The quantitative estimate of drug-likeness (QED) is 0.788. The zero-order chi connectivity index (χ0) is 15.2. The monoisotopic (exact) mass is 279 g/mol. The predicted molar refractivity (Wildman–Crippen MR) is 84.5 cm³/mol. The fourth-order valence-electron chi connectivity index (χ4n) is 2.14. The Labute approximate surface area is 123 Å². The summed E-state index contributed by atoms with van der Waals surface area (Å²) >= 11 is 0. The highest BCUT2D eigenvalue weighted by Crippen LogP contribution is 2.25. The molecule has 0 aliphatic heterocycles. The van der Waals surface area contributed by atoms with E-state index < -0.39 is 0 Å². The molecule has 0 saturated carbocycles. The van der Waals surface area contributed by atoms with E-state index in [2.05, 4.69) is 52.1 Å². The molecule has 0 saturated heterocycles. The zero-order valence-electron chi connectivity index (χ0n) is 13.8. The average molecular weight is 279 g/mol. The van der Waals surface area contributed by atoms with Crippen molar-refractivity contribution in [2.75, 3.05) is 20.3 Å². The van der Waals surface area contributed by atoms with Crippen LogP contribution in [0, 0.1) is 13.8 Å². The molecule has 1 N–H and O–H groups in total. The largest absolute Gasteiger partial charge is 0.493 e. The molecule has 0 amide bonds. The summed E-state index contributed by atoms with van der Waals surface area (Å²) in [5, 5.41) is 3.35. The van der Waals surface area contributed by atoms with Crippen LogP contribution in [0.3, 0.4) is 0 Å². The van der Waals surface area contributed by atoms with Crippen LogP contribution in [0.5, 0.6) is 5.75 Å². The van der Waals surface area contributed by atoms with Gasteiger partial charge in [-0.15, -0.1) is 0 Å². The number of methoxy groups -OCH3 is 1. The number of benzene rings is 1. The van der Waals surface area contributed by atoms with Gasteiger partial charge in [0, 0.05) is 20.1 Å². The molecule has 0 heterocycles. The first-order valence-electron chi connectivity index (χ1n) is 7.38. The molecule has 1 aromatic rings. The van der Waals surface area contributed by atoms with Crippen molar-refractivity contribution in [2.24, 2.45) is 0 Å². The van der Waals surface area contributed by atoms with Gasteiger partial charge in [0.15, 0.2) is 0 Å². The minimum atomic E-state index is -0.132. The molecule has 3 nitrogen and oxygen atoms in total. The van der Waals surface area contributed by atoms with Crippen molar-refractivity contribution in [3.63, 3.8) is 0 Å². The molecule has 0 aliphatic rings. The number of aryl methyl sites for hydroxylation is 2. The van der Waals surface area contributed by atoms with Crippen LogP contribution in [0.25, 0.3) is 0 Å². The van der Waals surface area contributed by atoms with Gasteiger partial charge in [0.1, 0.15) is 5.75 Å². The lowest BCUT2D eigenvalue weighted by molar-refractivity contribution is 0.00533. The Bertz CT molecular complexity index is 404. The summed E-state index contributed by atoms with van der Waals surface area (Å²) in [6, 6.07) is 4.40. The maximum Gasteiger partial charge on any atom is 0.125 e. The molecule has 20 heavy (non-hydrogen) atoms. The second kappa shape index (κ2) is 7.65. The Morgan fingerprint density at radius 1 is 1.15 bits per heavy atom. The molecular weight excluding hydrogens is 250 g/mol. The van der Waals surface area contributed by atoms with E-state index in [1.165, 1.54) is 16.7 Å². The van der Waals surface area contributed by atoms with Crippen molar-refractivity contribution in [3.8, 4) is 5.75 Å². The molecule has 1 aromatic carbocycles. The van der Waals surface area contributed by atoms with Gasteiger partial charge >= 0.3 is 0 Å². The number of ether oxygens (including phenoxy) is 2. The molecule has 114 valence electrons. The number of nitrogens with one attached hydrogen (secondary N) is 1. The molecule has 3 heteroatoms. The molecule has 0 aromatic heterocycles. The van der Waals surface area contributed by atoms with E-state index >= 15 is 0 Å². The highest BCUT2D eigenvalue weighted by Gasteiger charge is 2.16. The van der Waals surface area contributed by atoms with Crippen LogP contribution < -0.4 is 10.1 Å². The Balaban J connectivity index is 2.67. The fourth-order valence-corrected chi connectivity index (χ4v) is 2.14. The zero-order valence-corrected chi connectivity index (χ0v) is 13.8. The van der Waals surface area contributed by atoms with Gasteiger partial charge in [-0.2, -0.15) is 0 Å². The smallest absolute Gasteiger partial charge is 0.125 e. The standard InChI is InChI=1S/C17H29NO2/c1-7-18-12-15-10-13(2)16(14(3)11-15)20-9-8-17(4,5)19-6/h10-11,18H,7-9,12H2,1-6H3. The third-order valence-electron chi connectivity index (χ3n) is 3.60. The summed E-state index contributed by atoms with van der Waals surface area (Å²) < 4.78 is 11.4. The molecule has 0 spiro atoms. The van der Waals surface area contributed by atoms with Gasteiger partial charge in [0.2, 0.25) is 0 Å². The Morgan fingerprint density at radius 3 is 2.25 bits per heavy atom. The molecule has 0 bridgehead atoms. The van der Waals surface area contributed by atoms with Crippen LogP contribution in [0.4, 0.5) is 0 Å². The second-order valence-electron chi connectivity index (χ2n) is 5.90. The molecule has 0 aliphatic carbocycles. The summed E-state index contributed by atoms with van der Waals surface area (Å²) in [5.74, 6) is 1.01. The van der Waals surface area contributed by atoms with Crippen molar-refractivity contribution >= 4 is 0 Å². The topological polar surface area (TPSA) is 30.5 Å². The van der Waals surface area contributed by atoms with Crippen molar-refractivity contribution in [2.45, 2.75) is 53.2 Å². The third-order valence-corrected chi connectivity index (χ3v) is 3.60. The van der Waals surface area contributed by atoms with E-state index in [-0.39, 0.29) is 5.60 Å². The molecule has 0 atom stereocenters. The Hall–Kier alpha value is -1.06. The van der Waals surface area contributed by atoms with Gasteiger partial charge in [-0.1, -0.05) is 19.1 Å². The van der Waals surface area contributed by atoms with E-state index in [9.17, 15) is 0 Å². The van der Waals surface area contributed by atoms with E-state index in [1.54, 1.807) is 7.11 Å². The number of hydrogen-bond acceptors (Lipinski definition) is 3. The van der Waals surface area contributed by atoms with Crippen molar-refractivity contribution in [3.05, 3.63) is 28.8 Å². The summed E-state index contributed by atoms with van der Waals surface area (Å²) in [6.45, 7) is 13.1. The van der Waals surface area contributed by atoms with Crippen LogP contribution in [-0.2, 0) is 11.3 Å². The number of hydrogen-bond donors (Lipinski definition) is 1. The van der Waals surface area contributed by atoms with Crippen LogP contribution in [-0.4, -0.2) is 25.9 Å². The SMILES string of the molecule is CCNCc1cc(C)c(OCCC(C)(C)OC)c(C)c1. The van der Waals surface area contributed by atoms with Gasteiger partial charge in [-0.3, -0.25) is 0 Å². The minimum absolute atomic E-state index is 0.132. The predicted octanol–water partition coefficient (Wildman–Crippen LogP) is 3.61. The lowest BCUT2D eigenvalue weighted by Crippen LogP contribution is -2.25. The first-order valence-corrected chi connectivity index (χ1v) is 7.38. The van der Waals surface area contributed by atoms with Gasteiger partial charge in [0.05, 0.1) is 12.2 Å². The van der Waals surface area contributed by atoms with Gasteiger partial charge < -0.3 is 14.8 Å². The van der Waals surface area contributed by atoms with Crippen LogP contribution in [0.15, 0.2) is 12.1 Å². The average Bonchev–Trinajstić information content (AvgIpc) is 2.39. The molecular formula is C17H29NO2. The number of rotatable bonds is 8. The molecule has 0 fully saturated rings. The van der Waals surface area contributed by atoms with Crippen LogP contribution in [0.1, 0.15) is 43.9 Å². The molecule has 0 radical (unpaired) electrons. The normalized spacial score (nSPS) is 11.7. The lowest BCUT2D eigenvalue weighted by Gasteiger charge is -2.23. The molecule has 1 rings (SSSR count). The summed E-state index contributed by atoms with van der Waals surface area (Å²) in [6.07, 6.45) is 0.877. The maximum absolute atomic E-state index is 5.96. The summed E-state index contributed by atoms with van der Waals surface area (Å²) in [5.41, 5.74) is 3.58. The van der Waals surface area contributed by atoms with Crippen LogP contribution >= 0.6 is 0 Å². The summed E-state index contributed by atoms with van der Waals surface area (Å²) in [4.78, 5) is 0. The van der Waals surface area contributed by atoms with Crippen LogP contribution in [0.2, 0.25) is 0 Å². The van der Waals surface area contributed by atoms with E-state index in [0.717, 1.165) is 25.3 Å². The first kappa shape index (κ1) is 17.0. The van der Waals surface area contributed by atoms with Crippen molar-refractivity contribution in [1.29, 1.82) is 0 Å². The third kappa shape index (κ3) is 5.14. The van der Waals surface area contributed by atoms with Gasteiger partial charge in [-0.05, 0) is 50.9 Å². The molecule has 0 unspecified atom stereocenters. The highest BCUT2D eigenvalue weighted by molar-refractivity contribution is 5.43. The lowest BCUT2D eigenvalue weighted by atomic mass is 10.0. The first-order chi connectivity index (χ1) is 9.39.